The number of hydrogen-bond donors (Lipinski definition) is 1. The molecule has 5 nitrogen and oxygen atoms in total. The second kappa shape index (κ2) is 8.79. The third kappa shape index (κ3) is 5.76. The van der Waals surface area contributed by atoms with Crippen LogP contribution in [0, 0.1) is 5.82 Å². The lowest BCUT2D eigenvalue weighted by atomic mass is 10.1. The molecule has 0 bridgehead atoms. The van der Waals surface area contributed by atoms with E-state index in [1.165, 1.54) is 12.1 Å². The lowest BCUT2D eigenvalue weighted by Gasteiger charge is -2.33. The molecular formula is C16H22F2N2O3. The Hall–Kier alpha value is -1.73. The van der Waals surface area contributed by atoms with E-state index in [9.17, 15) is 13.6 Å². The van der Waals surface area contributed by atoms with Crippen molar-refractivity contribution < 1.29 is 23.4 Å². The monoisotopic (exact) mass is 328 g/mol. The zero-order valence-electron chi connectivity index (χ0n) is 13.0. The van der Waals surface area contributed by atoms with Gasteiger partial charge < -0.3 is 9.84 Å². The van der Waals surface area contributed by atoms with Crippen LogP contribution in [0.1, 0.15) is 5.56 Å². The van der Waals surface area contributed by atoms with Gasteiger partial charge in [-0.1, -0.05) is 6.07 Å². The number of carbonyl (C=O) groups is 1. The molecule has 1 aliphatic rings. The molecule has 0 spiro atoms. The van der Waals surface area contributed by atoms with E-state index in [4.69, 9.17) is 9.84 Å². The third-order valence-corrected chi connectivity index (χ3v) is 3.91. The average Bonchev–Trinajstić information content (AvgIpc) is 2.52. The molecule has 0 saturated carbocycles. The molecule has 0 unspecified atom stereocenters. The van der Waals surface area contributed by atoms with Crippen molar-refractivity contribution in [1.82, 2.24) is 9.80 Å². The normalized spacial score (nSPS) is 16.4. The quantitative estimate of drug-likeness (QED) is 0.782. The van der Waals surface area contributed by atoms with Gasteiger partial charge in [0.25, 0.3) is 0 Å². The van der Waals surface area contributed by atoms with Crippen LogP contribution >= 0.6 is 0 Å². The van der Waals surface area contributed by atoms with Gasteiger partial charge in [0.15, 0.2) is 0 Å². The van der Waals surface area contributed by atoms with Gasteiger partial charge in [0.2, 0.25) is 0 Å². The molecule has 1 heterocycles. The number of nitrogens with zero attached hydrogens (tertiary/aromatic N) is 2. The molecule has 0 aromatic heterocycles. The van der Waals surface area contributed by atoms with Crippen LogP contribution in [-0.4, -0.2) is 73.4 Å². The van der Waals surface area contributed by atoms with E-state index in [1.807, 2.05) is 0 Å². The number of halogens is 2. The van der Waals surface area contributed by atoms with Crippen molar-refractivity contribution in [2.45, 2.75) is 6.42 Å². The molecule has 0 radical (unpaired) electrons. The van der Waals surface area contributed by atoms with Gasteiger partial charge in [-0.05, 0) is 11.6 Å². The van der Waals surface area contributed by atoms with E-state index in [2.05, 4.69) is 9.80 Å². The van der Waals surface area contributed by atoms with Gasteiger partial charge in [-0.15, -0.1) is 0 Å². The summed E-state index contributed by atoms with van der Waals surface area (Å²) in [5.41, 5.74) is 0.147. The van der Waals surface area contributed by atoms with Gasteiger partial charge in [-0.2, -0.15) is 0 Å². The highest BCUT2D eigenvalue weighted by atomic mass is 19.1. The molecule has 1 fully saturated rings. The first kappa shape index (κ1) is 17.6. The molecule has 2 rings (SSSR count). The summed E-state index contributed by atoms with van der Waals surface area (Å²) in [7, 11) is 0. The summed E-state index contributed by atoms with van der Waals surface area (Å²) in [5, 5.41) is 8.67. The molecular weight excluding hydrogens is 306 g/mol. The molecule has 7 heteroatoms. The lowest BCUT2D eigenvalue weighted by Crippen LogP contribution is -2.47. The first-order valence-corrected chi connectivity index (χ1v) is 7.72. The number of aliphatic carboxylic acids is 1. The van der Waals surface area contributed by atoms with E-state index < -0.39 is 11.8 Å². The van der Waals surface area contributed by atoms with Crippen LogP contribution in [0.25, 0.3) is 0 Å². The van der Waals surface area contributed by atoms with Gasteiger partial charge in [0.05, 0.1) is 6.42 Å². The van der Waals surface area contributed by atoms with Crippen LogP contribution < -0.4 is 4.74 Å². The predicted molar refractivity (Wildman–Crippen MR) is 82.1 cm³/mol. The Morgan fingerprint density at radius 1 is 1.17 bits per heavy atom. The first-order valence-electron chi connectivity index (χ1n) is 7.72. The number of benzene rings is 1. The lowest BCUT2D eigenvalue weighted by molar-refractivity contribution is -0.136. The molecule has 0 aliphatic carbocycles. The number of alkyl halides is 1. The van der Waals surface area contributed by atoms with E-state index in [-0.39, 0.29) is 18.7 Å². The molecule has 1 aliphatic heterocycles. The fourth-order valence-electron chi connectivity index (χ4n) is 2.57. The van der Waals surface area contributed by atoms with Crippen molar-refractivity contribution in [1.29, 1.82) is 0 Å². The highest BCUT2D eigenvalue weighted by Gasteiger charge is 2.16. The van der Waals surface area contributed by atoms with E-state index in [0.717, 1.165) is 32.7 Å². The van der Waals surface area contributed by atoms with Gasteiger partial charge >= 0.3 is 5.97 Å². The Kier molecular flexibility index (Phi) is 6.73. The predicted octanol–water partition coefficient (Wildman–Crippen LogP) is 1.42. The van der Waals surface area contributed by atoms with Crippen molar-refractivity contribution in [3.63, 3.8) is 0 Å². The number of piperazine rings is 1. The maximum absolute atomic E-state index is 13.7. The van der Waals surface area contributed by atoms with Crippen molar-refractivity contribution in [3.05, 3.63) is 29.6 Å². The third-order valence-electron chi connectivity index (χ3n) is 3.91. The van der Waals surface area contributed by atoms with Crippen LogP contribution in [0.15, 0.2) is 18.2 Å². The van der Waals surface area contributed by atoms with Crippen LogP contribution in [0.2, 0.25) is 0 Å². The minimum atomic E-state index is -1.07. The van der Waals surface area contributed by atoms with E-state index >= 15 is 0 Å². The molecule has 0 atom stereocenters. The number of rotatable bonds is 8. The maximum atomic E-state index is 13.7. The number of carboxylic acids is 1. The van der Waals surface area contributed by atoms with Crippen LogP contribution in [0.4, 0.5) is 8.78 Å². The largest absolute Gasteiger partial charge is 0.492 e. The second-order valence-corrected chi connectivity index (χ2v) is 5.54. The van der Waals surface area contributed by atoms with Gasteiger partial charge in [0.1, 0.15) is 24.8 Å². The fraction of sp³-hybridized carbons (Fsp3) is 0.562. The van der Waals surface area contributed by atoms with Crippen LogP contribution in [0.3, 0.4) is 0 Å². The zero-order chi connectivity index (χ0) is 16.7. The second-order valence-electron chi connectivity index (χ2n) is 5.54. The highest BCUT2D eigenvalue weighted by molar-refractivity contribution is 5.70. The molecule has 1 N–H and O–H groups in total. The average molecular weight is 328 g/mol. The fourth-order valence-corrected chi connectivity index (χ4v) is 2.57. The molecule has 23 heavy (non-hydrogen) atoms. The molecule has 1 aromatic carbocycles. The molecule has 1 aromatic rings. The molecule has 1 saturated heterocycles. The van der Waals surface area contributed by atoms with Crippen molar-refractivity contribution in [2.24, 2.45) is 0 Å². The molecule has 0 amide bonds. The summed E-state index contributed by atoms with van der Waals surface area (Å²) in [6, 6.07) is 4.24. The summed E-state index contributed by atoms with van der Waals surface area (Å²) in [6.45, 7) is 4.77. The number of ether oxygens (including phenoxy) is 1. The van der Waals surface area contributed by atoms with E-state index in [1.54, 1.807) is 6.07 Å². The topological polar surface area (TPSA) is 53.0 Å². The minimum Gasteiger partial charge on any atom is -0.492 e. The first-order chi connectivity index (χ1) is 11.1. The summed E-state index contributed by atoms with van der Waals surface area (Å²) >= 11 is 0. The Bertz CT molecular complexity index is 520. The summed E-state index contributed by atoms with van der Waals surface area (Å²) in [6.07, 6.45) is -0.338. The highest BCUT2D eigenvalue weighted by Crippen LogP contribution is 2.17. The Labute approximate surface area is 134 Å². The Morgan fingerprint density at radius 2 is 1.83 bits per heavy atom. The van der Waals surface area contributed by atoms with Crippen LogP contribution in [-0.2, 0) is 11.2 Å². The maximum Gasteiger partial charge on any atom is 0.307 e. The minimum absolute atomic E-state index is 0.147. The SMILES string of the molecule is O=C(O)Cc1ccc(OCCN2CCN(CCF)CC2)cc1F. The van der Waals surface area contributed by atoms with Crippen LogP contribution in [0.5, 0.6) is 5.75 Å². The number of hydrogen-bond acceptors (Lipinski definition) is 4. The smallest absolute Gasteiger partial charge is 0.307 e. The Morgan fingerprint density at radius 3 is 2.39 bits per heavy atom. The summed E-state index contributed by atoms with van der Waals surface area (Å²) in [4.78, 5) is 14.9. The summed E-state index contributed by atoms with van der Waals surface area (Å²) in [5.74, 6) is -1.23. The standard InChI is InChI=1S/C16H22F2N2O3/c17-3-4-19-5-7-20(8-6-19)9-10-23-14-2-1-13(11-16(21)22)15(18)12-14/h1-2,12H,3-11H2,(H,21,22). The molecule has 128 valence electrons. The van der Waals surface area contributed by atoms with Crippen molar-refractivity contribution in [2.75, 3.05) is 52.6 Å². The van der Waals surface area contributed by atoms with Gasteiger partial charge in [0, 0.05) is 45.3 Å². The van der Waals surface area contributed by atoms with Crippen molar-refractivity contribution in [3.8, 4) is 5.75 Å². The van der Waals surface area contributed by atoms with E-state index in [0.29, 0.717) is 18.9 Å². The summed E-state index contributed by atoms with van der Waals surface area (Å²) < 4.78 is 31.5. The van der Waals surface area contributed by atoms with Gasteiger partial charge in [-0.3, -0.25) is 14.6 Å². The van der Waals surface area contributed by atoms with Gasteiger partial charge in [-0.25, -0.2) is 8.78 Å². The Balaban J connectivity index is 1.72. The zero-order valence-corrected chi connectivity index (χ0v) is 13.0. The number of carboxylic acid groups (broad SMARTS) is 1. The van der Waals surface area contributed by atoms with Crippen molar-refractivity contribution >= 4 is 5.97 Å².